The maximum absolute atomic E-state index is 8.93. The minimum absolute atomic E-state index is 0.300. The van der Waals surface area contributed by atoms with Crippen molar-refractivity contribution in [1.29, 1.82) is 0 Å². The minimum Gasteiger partial charge on any atom is -0.396 e. The van der Waals surface area contributed by atoms with Gasteiger partial charge in [-0.2, -0.15) is 0 Å². The summed E-state index contributed by atoms with van der Waals surface area (Å²) in [5.74, 6) is 1.14. The van der Waals surface area contributed by atoms with E-state index in [9.17, 15) is 0 Å². The molecule has 0 spiro atoms. The molecule has 0 heterocycles. The molecule has 0 aliphatic carbocycles. The number of rotatable bonds is 8. The first-order chi connectivity index (χ1) is 8.27. The smallest absolute Gasteiger partial charge is 0.0434 e. The first-order valence-electron chi connectivity index (χ1n) is 6.64. The summed E-state index contributed by atoms with van der Waals surface area (Å²) in [5, 5.41) is 12.4. The van der Waals surface area contributed by atoms with Crippen molar-refractivity contribution in [2.75, 3.05) is 19.7 Å². The van der Waals surface area contributed by atoms with Gasteiger partial charge in [-0.25, -0.2) is 0 Å². The van der Waals surface area contributed by atoms with Crippen LogP contribution in [0.3, 0.4) is 0 Å². The maximum Gasteiger partial charge on any atom is 0.0434 e. The van der Waals surface area contributed by atoms with Crippen molar-refractivity contribution in [2.24, 2.45) is 5.92 Å². The first kappa shape index (κ1) is 14.2. The molecule has 96 valence electrons. The molecule has 0 bridgehead atoms. The first-order valence-corrected chi connectivity index (χ1v) is 6.64. The van der Waals surface area contributed by atoms with Crippen LogP contribution in [-0.2, 0) is 0 Å². The highest BCUT2D eigenvalue weighted by atomic mass is 16.3. The van der Waals surface area contributed by atoms with Crippen molar-refractivity contribution in [1.82, 2.24) is 5.32 Å². The summed E-state index contributed by atoms with van der Waals surface area (Å²) in [7, 11) is 0. The largest absolute Gasteiger partial charge is 0.396 e. The molecular weight excluding hydrogens is 210 g/mol. The molecular formula is C15H25NO. The Morgan fingerprint density at radius 3 is 2.47 bits per heavy atom. The fraction of sp³-hybridized carbons (Fsp3) is 0.600. The zero-order valence-corrected chi connectivity index (χ0v) is 11.0. The number of hydrogen-bond donors (Lipinski definition) is 2. The molecule has 2 nitrogen and oxygen atoms in total. The third-order valence-corrected chi connectivity index (χ3v) is 3.37. The average molecular weight is 235 g/mol. The average Bonchev–Trinajstić information content (AvgIpc) is 2.38. The van der Waals surface area contributed by atoms with Crippen LogP contribution in [0.2, 0.25) is 0 Å². The van der Waals surface area contributed by atoms with Crippen molar-refractivity contribution in [3.05, 3.63) is 35.9 Å². The van der Waals surface area contributed by atoms with Crippen molar-refractivity contribution < 1.29 is 5.11 Å². The monoisotopic (exact) mass is 235 g/mol. The van der Waals surface area contributed by atoms with Gasteiger partial charge in [-0.3, -0.25) is 0 Å². The molecule has 0 saturated heterocycles. The second-order valence-corrected chi connectivity index (χ2v) is 4.76. The molecule has 0 aliphatic rings. The standard InChI is InChI=1S/C15H25NO/c1-3-14(9-10-17)12-16-11-13(2)15-7-5-4-6-8-15/h4-8,13-14,16-17H,3,9-12H2,1-2H3. The van der Waals surface area contributed by atoms with Crippen LogP contribution in [0.25, 0.3) is 0 Å². The van der Waals surface area contributed by atoms with Gasteiger partial charge in [0, 0.05) is 13.2 Å². The summed E-state index contributed by atoms with van der Waals surface area (Å²) < 4.78 is 0. The van der Waals surface area contributed by atoms with Crippen LogP contribution in [0.15, 0.2) is 30.3 Å². The predicted octanol–water partition coefficient (Wildman–Crippen LogP) is 2.79. The van der Waals surface area contributed by atoms with Gasteiger partial charge in [0.2, 0.25) is 0 Å². The molecule has 1 aromatic carbocycles. The number of aliphatic hydroxyl groups is 1. The van der Waals surface area contributed by atoms with Gasteiger partial charge < -0.3 is 10.4 Å². The molecule has 0 fully saturated rings. The van der Waals surface area contributed by atoms with E-state index in [0.717, 1.165) is 25.9 Å². The highest BCUT2D eigenvalue weighted by Gasteiger charge is 2.07. The quantitative estimate of drug-likeness (QED) is 0.726. The minimum atomic E-state index is 0.300. The lowest BCUT2D eigenvalue weighted by atomic mass is 10.00. The second-order valence-electron chi connectivity index (χ2n) is 4.76. The van der Waals surface area contributed by atoms with E-state index in [1.54, 1.807) is 0 Å². The van der Waals surface area contributed by atoms with Crippen LogP contribution in [0.1, 0.15) is 38.2 Å². The van der Waals surface area contributed by atoms with E-state index in [1.165, 1.54) is 5.56 Å². The van der Waals surface area contributed by atoms with Gasteiger partial charge in [-0.1, -0.05) is 50.6 Å². The summed E-state index contributed by atoms with van der Waals surface area (Å²) >= 11 is 0. The molecule has 2 N–H and O–H groups in total. The number of nitrogens with one attached hydrogen (secondary N) is 1. The van der Waals surface area contributed by atoms with E-state index < -0.39 is 0 Å². The van der Waals surface area contributed by atoms with E-state index >= 15 is 0 Å². The zero-order chi connectivity index (χ0) is 12.5. The molecule has 0 saturated carbocycles. The van der Waals surface area contributed by atoms with Gasteiger partial charge in [-0.15, -0.1) is 0 Å². The van der Waals surface area contributed by atoms with E-state index in [2.05, 4.69) is 49.5 Å². The molecule has 17 heavy (non-hydrogen) atoms. The van der Waals surface area contributed by atoms with E-state index in [4.69, 9.17) is 5.11 Å². The lowest BCUT2D eigenvalue weighted by Crippen LogP contribution is -2.26. The number of benzene rings is 1. The van der Waals surface area contributed by atoms with Gasteiger partial charge in [0.05, 0.1) is 0 Å². The van der Waals surface area contributed by atoms with Crippen molar-refractivity contribution >= 4 is 0 Å². The Labute approximate surface area is 105 Å². The van der Waals surface area contributed by atoms with Crippen LogP contribution in [0.4, 0.5) is 0 Å². The van der Waals surface area contributed by atoms with Gasteiger partial charge in [0.1, 0.15) is 0 Å². The summed E-state index contributed by atoms with van der Waals surface area (Å²) in [6.45, 7) is 6.74. The number of hydrogen-bond acceptors (Lipinski definition) is 2. The Balaban J connectivity index is 2.26. The third-order valence-electron chi connectivity index (χ3n) is 3.37. The Morgan fingerprint density at radius 1 is 1.18 bits per heavy atom. The summed E-state index contributed by atoms with van der Waals surface area (Å²) in [6, 6.07) is 10.6. The van der Waals surface area contributed by atoms with E-state index in [0.29, 0.717) is 18.4 Å². The highest BCUT2D eigenvalue weighted by molar-refractivity contribution is 5.18. The highest BCUT2D eigenvalue weighted by Crippen LogP contribution is 2.13. The zero-order valence-electron chi connectivity index (χ0n) is 11.0. The molecule has 2 unspecified atom stereocenters. The van der Waals surface area contributed by atoms with Crippen LogP contribution in [0.5, 0.6) is 0 Å². The van der Waals surface area contributed by atoms with Crippen LogP contribution >= 0.6 is 0 Å². The lowest BCUT2D eigenvalue weighted by molar-refractivity contribution is 0.251. The van der Waals surface area contributed by atoms with Crippen LogP contribution in [-0.4, -0.2) is 24.8 Å². The maximum atomic E-state index is 8.93. The Hall–Kier alpha value is -0.860. The predicted molar refractivity (Wildman–Crippen MR) is 73.2 cm³/mol. The van der Waals surface area contributed by atoms with E-state index in [1.807, 2.05) is 0 Å². The fourth-order valence-corrected chi connectivity index (χ4v) is 2.04. The molecule has 0 aromatic heterocycles. The van der Waals surface area contributed by atoms with Crippen LogP contribution < -0.4 is 5.32 Å². The fourth-order valence-electron chi connectivity index (χ4n) is 2.04. The normalized spacial score (nSPS) is 14.5. The topological polar surface area (TPSA) is 32.3 Å². The second kappa shape index (κ2) is 8.26. The SMILES string of the molecule is CCC(CCO)CNCC(C)c1ccccc1. The van der Waals surface area contributed by atoms with Crippen molar-refractivity contribution in [3.8, 4) is 0 Å². The molecule has 2 atom stereocenters. The summed E-state index contributed by atoms with van der Waals surface area (Å²) in [5.41, 5.74) is 1.38. The molecule has 0 radical (unpaired) electrons. The molecule has 0 amide bonds. The van der Waals surface area contributed by atoms with Crippen molar-refractivity contribution in [3.63, 3.8) is 0 Å². The van der Waals surface area contributed by atoms with Crippen LogP contribution in [0, 0.1) is 5.92 Å². The third kappa shape index (κ3) is 5.33. The lowest BCUT2D eigenvalue weighted by Gasteiger charge is -2.17. The van der Waals surface area contributed by atoms with E-state index in [-0.39, 0.29) is 0 Å². The van der Waals surface area contributed by atoms with Crippen molar-refractivity contribution in [2.45, 2.75) is 32.6 Å². The van der Waals surface area contributed by atoms with Gasteiger partial charge in [0.25, 0.3) is 0 Å². The Kier molecular flexibility index (Phi) is 6.90. The Morgan fingerprint density at radius 2 is 1.88 bits per heavy atom. The summed E-state index contributed by atoms with van der Waals surface area (Å²) in [6.07, 6.45) is 2.04. The number of aliphatic hydroxyl groups excluding tert-OH is 1. The molecule has 1 rings (SSSR count). The van der Waals surface area contributed by atoms with Gasteiger partial charge in [-0.05, 0) is 30.4 Å². The molecule has 1 aromatic rings. The van der Waals surface area contributed by atoms with Gasteiger partial charge in [0.15, 0.2) is 0 Å². The Bertz CT molecular complexity index is 286. The molecule has 0 aliphatic heterocycles. The molecule has 2 heteroatoms. The van der Waals surface area contributed by atoms with Gasteiger partial charge >= 0.3 is 0 Å². The summed E-state index contributed by atoms with van der Waals surface area (Å²) in [4.78, 5) is 0.